The number of aromatic nitrogens is 8. The van der Waals surface area contributed by atoms with Crippen LogP contribution in [0.5, 0.6) is 0 Å². The largest absolute Gasteiger partial charge is 0.354 e. The van der Waals surface area contributed by atoms with Gasteiger partial charge in [-0.1, -0.05) is 6.07 Å². The van der Waals surface area contributed by atoms with Gasteiger partial charge < -0.3 is 20.1 Å². The Morgan fingerprint density at radius 3 is 2.59 bits per heavy atom. The average molecular weight is 520 g/mol. The first kappa shape index (κ1) is 23.4. The number of anilines is 2. The number of piperazine rings is 1. The summed E-state index contributed by atoms with van der Waals surface area (Å²) in [4.78, 5) is 22.0. The molecule has 39 heavy (non-hydrogen) atoms. The van der Waals surface area contributed by atoms with Crippen molar-refractivity contribution in [1.82, 2.24) is 44.2 Å². The standard InChI is InChI=1S/C28H29N11/c1-36-7-9-38(10-8-36)26-4-3-19(12-29-26)13-31-28-32-16-24-22(15-30-27(24)35-28)20-5-6-39-25(11-20)23(17-34-39)21-14-33-37(2)18-21/h3-6,11-12,14-18H,7-10,13H2,1-2H3,(H2,30,31,32,35). The third kappa shape index (κ3) is 4.46. The molecule has 2 N–H and O–H groups in total. The summed E-state index contributed by atoms with van der Waals surface area (Å²) in [7, 11) is 4.07. The highest BCUT2D eigenvalue weighted by Crippen LogP contribution is 2.31. The molecule has 1 aliphatic rings. The van der Waals surface area contributed by atoms with Gasteiger partial charge in [-0.2, -0.15) is 15.2 Å². The van der Waals surface area contributed by atoms with Crippen LogP contribution in [0, 0.1) is 0 Å². The number of aromatic amines is 1. The molecule has 0 aromatic carbocycles. The van der Waals surface area contributed by atoms with Crippen molar-refractivity contribution in [3.63, 3.8) is 0 Å². The Bertz CT molecular complexity index is 1750. The number of rotatable bonds is 6. The summed E-state index contributed by atoms with van der Waals surface area (Å²) < 4.78 is 3.68. The molecule has 0 atom stereocenters. The lowest BCUT2D eigenvalue weighted by Crippen LogP contribution is -2.44. The van der Waals surface area contributed by atoms with Gasteiger partial charge in [-0.15, -0.1) is 0 Å². The van der Waals surface area contributed by atoms with E-state index in [2.05, 4.69) is 71.6 Å². The summed E-state index contributed by atoms with van der Waals surface area (Å²) in [5.41, 5.74) is 7.07. The fourth-order valence-electron chi connectivity index (χ4n) is 5.09. The Labute approximate surface area is 225 Å². The first-order valence-electron chi connectivity index (χ1n) is 13.0. The van der Waals surface area contributed by atoms with Crippen molar-refractivity contribution < 1.29 is 0 Å². The molecular formula is C28H29N11. The predicted octanol–water partition coefficient (Wildman–Crippen LogP) is 3.43. The SMILES string of the molecule is CN1CCN(c2ccc(CNc3ncc4c(-c5ccn6ncc(-c7cnn(C)c7)c6c5)c[nH]c4n3)cn2)CC1. The van der Waals surface area contributed by atoms with E-state index in [4.69, 9.17) is 4.98 Å². The molecule has 0 amide bonds. The van der Waals surface area contributed by atoms with Gasteiger partial charge in [0.2, 0.25) is 5.95 Å². The third-order valence-corrected chi connectivity index (χ3v) is 7.37. The molecule has 1 saturated heterocycles. The van der Waals surface area contributed by atoms with E-state index in [0.717, 1.165) is 76.4 Å². The number of likely N-dealkylation sites (N-methyl/N-ethyl adjacent to an activating group) is 1. The Kier molecular flexibility index (Phi) is 5.70. The first-order chi connectivity index (χ1) is 19.1. The van der Waals surface area contributed by atoms with Crippen LogP contribution in [-0.4, -0.2) is 77.5 Å². The summed E-state index contributed by atoms with van der Waals surface area (Å²) >= 11 is 0. The molecule has 1 fully saturated rings. The fourth-order valence-corrected chi connectivity index (χ4v) is 5.09. The highest BCUT2D eigenvalue weighted by atomic mass is 15.3. The lowest BCUT2D eigenvalue weighted by molar-refractivity contribution is 0.312. The van der Waals surface area contributed by atoms with Gasteiger partial charge in [0.1, 0.15) is 11.5 Å². The molecule has 0 saturated carbocycles. The molecule has 1 aliphatic heterocycles. The molecular weight excluding hydrogens is 490 g/mol. The lowest BCUT2D eigenvalue weighted by Gasteiger charge is -2.33. The Morgan fingerprint density at radius 1 is 0.897 bits per heavy atom. The predicted molar refractivity (Wildman–Crippen MR) is 152 cm³/mol. The van der Waals surface area contributed by atoms with Crippen LogP contribution in [0.4, 0.5) is 11.8 Å². The maximum atomic E-state index is 4.72. The van der Waals surface area contributed by atoms with Crippen molar-refractivity contribution >= 4 is 28.3 Å². The van der Waals surface area contributed by atoms with Crippen LogP contribution >= 0.6 is 0 Å². The molecule has 6 aromatic rings. The van der Waals surface area contributed by atoms with Gasteiger partial charge in [0.05, 0.1) is 17.9 Å². The maximum absolute atomic E-state index is 4.72. The second kappa shape index (κ2) is 9.52. The van der Waals surface area contributed by atoms with Gasteiger partial charge in [0, 0.05) is 92.8 Å². The van der Waals surface area contributed by atoms with Gasteiger partial charge in [-0.3, -0.25) is 4.68 Å². The zero-order valence-electron chi connectivity index (χ0n) is 21.9. The first-order valence-corrected chi connectivity index (χ1v) is 13.0. The van der Waals surface area contributed by atoms with Gasteiger partial charge >= 0.3 is 0 Å². The zero-order chi connectivity index (χ0) is 26.3. The third-order valence-electron chi connectivity index (χ3n) is 7.37. The van der Waals surface area contributed by atoms with Crippen LogP contribution < -0.4 is 10.2 Å². The molecule has 7 heterocycles. The fraction of sp³-hybridized carbons (Fsp3) is 0.250. The van der Waals surface area contributed by atoms with E-state index < -0.39 is 0 Å². The molecule has 7 rings (SSSR count). The van der Waals surface area contributed by atoms with Crippen LogP contribution in [0.25, 0.3) is 38.8 Å². The van der Waals surface area contributed by atoms with E-state index >= 15 is 0 Å². The van der Waals surface area contributed by atoms with E-state index in [0.29, 0.717) is 12.5 Å². The van der Waals surface area contributed by atoms with Crippen LogP contribution in [0.1, 0.15) is 5.56 Å². The summed E-state index contributed by atoms with van der Waals surface area (Å²) in [5, 5.41) is 13.1. The molecule has 196 valence electrons. The molecule has 11 heteroatoms. The molecule has 0 radical (unpaired) electrons. The maximum Gasteiger partial charge on any atom is 0.224 e. The van der Waals surface area contributed by atoms with Gasteiger partial charge in [-0.25, -0.2) is 14.5 Å². The highest BCUT2D eigenvalue weighted by molar-refractivity contribution is 5.95. The number of H-pyrrole nitrogens is 1. The molecule has 6 aromatic heterocycles. The summed E-state index contributed by atoms with van der Waals surface area (Å²) in [5.74, 6) is 1.61. The van der Waals surface area contributed by atoms with Crippen molar-refractivity contribution in [3.05, 3.63) is 73.2 Å². The smallest absolute Gasteiger partial charge is 0.224 e. The monoisotopic (exact) mass is 519 g/mol. The minimum Gasteiger partial charge on any atom is -0.354 e. The van der Waals surface area contributed by atoms with Crippen molar-refractivity contribution in [2.24, 2.45) is 7.05 Å². The van der Waals surface area contributed by atoms with E-state index in [9.17, 15) is 0 Å². The topological polar surface area (TPSA) is 108 Å². The normalized spacial score (nSPS) is 14.5. The molecule has 0 unspecified atom stereocenters. The highest BCUT2D eigenvalue weighted by Gasteiger charge is 2.16. The molecule has 11 nitrogen and oxygen atoms in total. The summed E-state index contributed by atoms with van der Waals surface area (Å²) in [6.07, 6.45) is 13.5. The quantitative estimate of drug-likeness (QED) is 0.345. The number of hydrogen-bond donors (Lipinski definition) is 2. The van der Waals surface area contributed by atoms with Crippen LogP contribution in [0.2, 0.25) is 0 Å². The van der Waals surface area contributed by atoms with Crippen LogP contribution in [0.3, 0.4) is 0 Å². The minimum absolute atomic E-state index is 0.573. The Morgan fingerprint density at radius 2 is 1.79 bits per heavy atom. The van der Waals surface area contributed by atoms with Crippen molar-refractivity contribution in [1.29, 1.82) is 0 Å². The van der Waals surface area contributed by atoms with Crippen LogP contribution in [-0.2, 0) is 13.6 Å². The van der Waals surface area contributed by atoms with E-state index in [1.807, 2.05) is 54.9 Å². The van der Waals surface area contributed by atoms with E-state index in [-0.39, 0.29) is 0 Å². The lowest BCUT2D eigenvalue weighted by atomic mass is 10.1. The Hall–Kier alpha value is -4.77. The molecule has 0 spiro atoms. The van der Waals surface area contributed by atoms with Gasteiger partial charge in [0.15, 0.2) is 0 Å². The average Bonchev–Trinajstić information content (AvgIpc) is 3.70. The van der Waals surface area contributed by atoms with Crippen LogP contribution in [0.15, 0.2) is 67.6 Å². The van der Waals surface area contributed by atoms with Crippen molar-refractivity contribution in [2.45, 2.75) is 6.54 Å². The summed E-state index contributed by atoms with van der Waals surface area (Å²) in [6.45, 7) is 4.75. The second-order valence-corrected chi connectivity index (χ2v) is 10.0. The zero-order valence-corrected chi connectivity index (χ0v) is 21.9. The van der Waals surface area contributed by atoms with Crippen molar-refractivity contribution in [3.8, 4) is 22.3 Å². The summed E-state index contributed by atoms with van der Waals surface area (Å²) in [6, 6.07) is 8.41. The Balaban J connectivity index is 1.08. The van der Waals surface area contributed by atoms with Crippen molar-refractivity contribution in [2.75, 3.05) is 43.4 Å². The molecule has 0 bridgehead atoms. The van der Waals surface area contributed by atoms with E-state index in [1.165, 1.54) is 0 Å². The number of pyridine rings is 2. The second-order valence-electron chi connectivity index (χ2n) is 10.0. The number of nitrogens with one attached hydrogen (secondary N) is 2. The number of nitrogens with zero attached hydrogens (tertiary/aromatic N) is 9. The van der Waals surface area contributed by atoms with E-state index in [1.54, 1.807) is 4.68 Å². The van der Waals surface area contributed by atoms with Gasteiger partial charge in [-0.05, 0) is 36.4 Å². The number of hydrogen-bond acceptors (Lipinski definition) is 8. The number of aryl methyl sites for hydroxylation is 1. The number of fused-ring (bicyclic) bond motifs is 2. The van der Waals surface area contributed by atoms with Gasteiger partial charge in [0.25, 0.3) is 0 Å². The molecule has 0 aliphatic carbocycles. The minimum atomic E-state index is 0.573.